The Morgan fingerprint density at radius 2 is 2.11 bits per heavy atom. The van der Waals surface area contributed by atoms with E-state index in [1.54, 1.807) is 23.9 Å². The van der Waals surface area contributed by atoms with Gasteiger partial charge in [0.05, 0.1) is 5.75 Å². The molecule has 0 aliphatic carbocycles. The number of nitrogens with zero attached hydrogens (tertiary/aromatic N) is 1. The number of halogens is 1. The van der Waals surface area contributed by atoms with Gasteiger partial charge in [-0.05, 0) is 17.7 Å². The van der Waals surface area contributed by atoms with Crippen LogP contribution in [-0.4, -0.2) is 35.7 Å². The fraction of sp³-hybridized carbons (Fsp3) is 0.500. The fourth-order valence-corrected chi connectivity index (χ4v) is 3.29. The number of amides is 1. The van der Waals surface area contributed by atoms with E-state index in [1.807, 2.05) is 4.90 Å². The summed E-state index contributed by atoms with van der Waals surface area (Å²) in [5.41, 5.74) is 0.988. The molecule has 1 saturated heterocycles. The molecule has 1 amide bonds. The van der Waals surface area contributed by atoms with Crippen molar-refractivity contribution in [3.05, 3.63) is 35.6 Å². The standard InChI is InChI=1S/C14H19FN2OS/c1-10(2)16-7-8-17-13(18)9-19-14(17)11-3-5-12(15)6-4-11/h3-6,10,14,16H,7-9H2,1-2H3. The first kappa shape index (κ1) is 14.3. The number of rotatable bonds is 5. The van der Waals surface area contributed by atoms with E-state index < -0.39 is 0 Å². The van der Waals surface area contributed by atoms with Crippen molar-refractivity contribution < 1.29 is 9.18 Å². The van der Waals surface area contributed by atoms with Crippen molar-refractivity contribution in [1.82, 2.24) is 10.2 Å². The molecule has 2 rings (SSSR count). The Kier molecular flexibility index (Phi) is 4.82. The minimum absolute atomic E-state index is 0.0158. The number of thioether (sulfide) groups is 1. The van der Waals surface area contributed by atoms with Gasteiger partial charge in [-0.15, -0.1) is 11.8 Å². The second-order valence-corrected chi connectivity index (χ2v) is 5.98. The van der Waals surface area contributed by atoms with Crippen molar-refractivity contribution in [2.24, 2.45) is 0 Å². The van der Waals surface area contributed by atoms with E-state index in [9.17, 15) is 9.18 Å². The first-order valence-electron chi connectivity index (χ1n) is 6.48. The van der Waals surface area contributed by atoms with Crippen LogP contribution < -0.4 is 5.32 Å². The lowest BCUT2D eigenvalue weighted by Gasteiger charge is -2.24. The Morgan fingerprint density at radius 3 is 2.74 bits per heavy atom. The Morgan fingerprint density at radius 1 is 1.42 bits per heavy atom. The first-order valence-corrected chi connectivity index (χ1v) is 7.52. The fourth-order valence-electron chi connectivity index (χ4n) is 2.07. The number of nitrogens with one attached hydrogen (secondary N) is 1. The smallest absolute Gasteiger partial charge is 0.233 e. The summed E-state index contributed by atoms with van der Waals surface area (Å²) in [5.74, 6) is 0.417. The quantitative estimate of drug-likeness (QED) is 0.900. The molecule has 1 atom stereocenters. The third-order valence-electron chi connectivity index (χ3n) is 3.03. The van der Waals surface area contributed by atoms with Gasteiger partial charge in [-0.1, -0.05) is 26.0 Å². The lowest BCUT2D eigenvalue weighted by molar-refractivity contribution is -0.128. The second kappa shape index (κ2) is 6.39. The van der Waals surface area contributed by atoms with Crippen molar-refractivity contribution in [3.8, 4) is 0 Å². The molecule has 1 aliphatic rings. The molecule has 5 heteroatoms. The Balaban J connectivity index is 2.02. The van der Waals surface area contributed by atoms with Gasteiger partial charge in [0.15, 0.2) is 0 Å². The van der Waals surface area contributed by atoms with Crippen LogP contribution in [0.15, 0.2) is 24.3 Å². The van der Waals surface area contributed by atoms with Crippen LogP contribution in [0.2, 0.25) is 0 Å². The van der Waals surface area contributed by atoms with Gasteiger partial charge in [0.1, 0.15) is 11.2 Å². The summed E-state index contributed by atoms with van der Waals surface area (Å²) >= 11 is 1.60. The van der Waals surface area contributed by atoms with Gasteiger partial charge < -0.3 is 10.2 Å². The Bertz CT molecular complexity index is 436. The van der Waals surface area contributed by atoms with Crippen LogP contribution in [0.3, 0.4) is 0 Å². The predicted molar refractivity (Wildman–Crippen MR) is 76.5 cm³/mol. The molecule has 1 aromatic carbocycles. The zero-order valence-electron chi connectivity index (χ0n) is 11.2. The molecule has 0 saturated carbocycles. The highest BCUT2D eigenvalue weighted by atomic mass is 32.2. The number of carbonyl (C=O) groups excluding carboxylic acids is 1. The average molecular weight is 282 g/mol. The Labute approximate surface area is 117 Å². The zero-order valence-corrected chi connectivity index (χ0v) is 12.0. The summed E-state index contributed by atoms with van der Waals surface area (Å²) in [5, 5.41) is 3.33. The molecule has 0 bridgehead atoms. The third kappa shape index (κ3) is 3.70. The molecular formula is C14H19FN2OS. The summed E-state index contributed by atoms with van der Waals surface area (Å²) in [4.78, 5) is 13.8. The monoisotopic (exact) mass is 282 g/mol. The van der Waals surface area contributed by atoms with Crippen LogP contribution in [0, 0.1) is 5.82 Å². The highest BCUT2D eigenvalue weighted by molar-refractivity contribution is 8.00. The maximum absolute atomic E-state index is 12.9. The molecule has 0 radical (unpaired) electrons. The zero-order chi connectivity index (χ0) is 13.8. The van der Waals surface area contributed by atoms with Gasteiger partial charge in [-0.25, -0.2) is 4.39 Å². The minimum Gasteiger partial charge on any atom is -0.325 e. The lowest BCUT2D eigenvalue weighted by atomic mass is 10.2. The molecule has 1 N–H and O–H groups in total. The Hall–Kier alpha value is -1.07. The molecule has 3 nitrogen and oxygen atoms in total. The van der Waals surface area contributed by atoms with E-state index in [1.165, 1.54) is 12.1 Å². The topological polar surface area (TPSA) is 32.3 Å². The van der Waals surface area contributed by atoms with Crippen molar-refractivity contribution in [2.45, 2.75) is 25.3 Å². The molecule has 1 heterocycles. The van der Waals surface area contributed by atoms with Crippen LogP contribution in [-0.2, 0) is 4.79 Å². The summed E-state index contributed by atoms with van der Waals surface area (Å²) in [6, 6.07) is 6.82. The largest absolute Gasteiger partial charge is 0.325 e. The second-order valence-electron chi connectivity index (χ2n) is 4.91. The van der Waals surface area contributed by atoms with Crippen molar-refractivity contribution in [2.75, 3.05) is 18.8 Å². The molecule has 19 heavy (non-hydrogen) atoms. The highest BCUT2D eigenvalue weighted by Gasteiger charge is 2.32. The summed E-state index contributed by atoms with van der Waals surface area (Å²) < 4.78 is 12.9. The van der Waals surface area contributed by atoms with Crippen molar-refractivity contribution >= 4 is 17.7 Å². The predicted octanol–water partition coefficient (Wildman–Crippen LogP) is 2.40. The normalized spacial score (nSPS) is 19.5. The molecule has 1 fully saturated rings. The van der Waals surface area contributed by atoms with Crippen LogP contribution in [0.5, 0.6) is 0 Å². The SMILES string of the molecule is CC(C)NCCN1C(=O)CSC1c1ccc(F)cc1. The maximum Gasteiger partial charge on any atom is 0.233 e. The number of hydrogen-bond donors (Lipinski definition) is 1. The van der Waals surface area contributed by atoms with Gasteiger partial charge >= 0.3 is 0 Å². The first-order chi connectivity index (χ1) is 9.08. The van der Waals surface area contributed by atoms with Gasteiger partial charge in [-0.3, -0.25) is 4.79 Å². The van der Waals surface area contributed by atoms with E-state index in [0.29, 0.717) is 18.3 Å². The molecule has 1 unspecified atom stereocenters. The van der Waals surface area contributed by atoms with E-state index >= 15 is 0 Å². The third-order valence-corrected chi connectivity index (χ3v) is 4.28. The molecule has 0 spiro atoms. The van der Waals surface area contributed by atoms with E-state index in [-0.39, 0.29) is 17.1 Å². The minimum atomic E-state index is -0.244. The van der Waals surface area contributed by atoms with E-state index in [2.05, 4.69) is 19.2 Å². The summed E-state index contributed by atoms with van der Waals surface area (Å²) in [6.07, 6.45) is 0. The molecule has 1 aromatic rings. The highest BCUT2D eigenvalue weighted by Crippen LogP contribution is 2.38. The average Bonchev–Trinajstić information content (AvgIpc) is 2.72. The van der Waals surface area contributed by atoms with Crippen LogP contribution in [0.1, 0.15) is 24.8 Å². The van der Waals surface area contributed by atoms with Crippen molar-refractivity contribution in [3.63, 3.8) is 0 Å². The summed E-state index contributed by atoms with van der Waals surface area (Å²) in [6.45, 7) is 5.63. The number of hydrogen-bond acceptors (Lipinski definition) is 3. The summed E-state index contributed by atoms with van der Waals surface area (Å²) in [7, 11) is 0. The molecule has 0 aromatic heterocycles. The van der Waals surface area contributed by atoms with Gasteiger partial charge in [0, 0.05) is 19.1 Å². The van der Waals surface area contributed by atoms with Gasteiger partial charge in [0.25, 0.3) is 0 Å². The maximum atomic E-state index is 12.9. The molecular weight excluding hydrogens is 263 g/mol. The van der Waals surface area contributed by atoms with E-state index in [4.69, 9.17) is 0 Å². The lowest BCUT2D eigenvalue weighted by Crippen LogP contribution is -2.37. The molecule has 1 aliphatic heterocycles. The number of carbonyl (C=O) groups is 1. The van der Waals surface area contributed by atoms with E-state index in [0.717, 1.165) is 12.1 Å². The van der Waals surface area contributed by atoms with Crippen LogP contribution in [0.4, 0.5) is 4.39 Å². The van der Waals surface area contributed by atoms with Crippen LogP contribution in [0.25, 0.3) is 0 Å². The van der Waals surface area contributed by atoms with Gasteiger partial charge in [0.2, 0.25) is 5.91 Å². The van der Waals surface area contributed by atoms with Crippen molar-refractivity contribution in [1.29, 1.82) is 0 Å². The molecule has 104 valence electrons. The number of benzene rings is 1. The van der Waals surface area contributed by atoms with Crippen LogP contribution >= 0.6 is 11.8 Å². The van der Waals surface area contributed by atoms with Gasteiger partial charge in [-0.2, -0.15) is 0 Å².